The van der Waals surface area contributed by atoms with Gasteiger partial charge in [-0.3, -0.25) is 4.79 Å². The number of rotatable bonds is 14. The summed E-state index contributed by atoms with van der Waals surface area (Å²) >= 11 is 0. The summed E-state index contributed by atoms with van der Waals surface area (Å²) in [6, 6.07) is 10.3. The van der Waals surface area contributed by atoms with Crippen LogP contribution in [0.2, 0.25) is 0 Å². The van der Waals surface area contributed by atoms with E-state index in [4.69, 9.17) is 5.11 Å². The lowest BCUT2D eigenvalue weighted by Crippen LogP contribution is -2.27. The van der Waals surface area contributed by atoms with Crippen LogP contribution in [0.5, 0.6) is 0 Å². The van der Waals surface area contributed by atoms with Crippen molar-refractivity contribution in [2.24, 2.45) is 0 Å². The van der Waals surface area contributed by atoms with Crippen molar-refractivity contribution in [3.63, 3.8) is 0 Å². The SMILES string of the molecule is O=C(O)C/C=C/CCCCCCC(O)(O)CCCCc1ccccc1. The first-order chi connectivity index (χ1) is 12.0. The Bertz CT molecular complexity index is 494. The molecule has 0 atom stereocenters. The molecule has 3 N–H and O–H groups in total. The largest absolute Gasteiger partial charge is 0.481 e. The van der Waals surface area contributed by atoms with Gasteiger partial charge in [-0.1, -0.05) is 55.3 Å². The maximum absolute atomic E-state index is 10.3. The van der Waals surface area contributed by atoms with Gasteiger partial charge in [0.15, 0.2) is 5.79 Å². The van der Waals surface area contributed by atoms with Gasteiger partial charge in [-0.05, 0) is 44.1 Å². The number of carbonyl (C=O) groups is 1. The summed E-state index contributed by atoms with van der Waals surface area (Å²) in [5.74, 6) is -2.35. The molecule has 0 heterocycles. The van der Waals surface area contributed by atoms with Gasteiger partial charge in [0.1, 0.15) is 0 Å². The molecule has 0 spiro atoms. The fourth-order valence-electron chi connectivity index (χ4n) is 2.83. The second kappa shape index (κ2) is 12.7. The molecule has 0 unspecified atom stereocenters. The minimum absolute atomic E-state index is 0.0851. The summed E-state index contributed by atoms with van der Waals surface area (Å²) in [6.07, 6.45) is 12.0. The van der Waals surface area contributed by atoms with E-state index in [1.54, 1.807) is 6.08 Å². The van der Waals surface area contributed by atoms with Crippen LogP contribution < -0.4 is 0 Å². The molecule has 0 aromatic heterocycles. The van der Waals surface area contributed by atoms with Crippen LogP contribution in [0.25, 0.3) is 0 Å². The number of carboxylic acids is 1. The van der Waals surface area contributed by atoms with E-state index in [1.807, 2.05) is 24.3 Å². The van der Waals surface area contributed by atoms with E-state index < -0.39 is 11.8 Å². The second-order valence-corrected chi connectivity index (χ2v) is 6.70. The zero-order valence-corrected chi connectivity index (χ0v) is 15.1. The summed E-state index contributed by atoms with van der Waals surface area (Å²) < 4.78 is 0. The maximum Gasteiger partial charge on any atom is 0.307 e. The molecule has 0 aliphatic heterocycles. The fraction of sp³-hybridized carbons (Fsp3) is 0.571. The molecule has 140 valence electrons. The van der Waals surface area contributed by atoms with Crippen LogP contribution in [0, 0.1) is 0 Å². The van der Waals surface area contributed by atoms with Crippen molar-refractivity contribution < 1.29 is 20.1 Å². The van der Waals surface area contributed by atoms with E-state index in [0.29, 0.717) is 12.8 Å². The van der Waals surface area contributed by atoms with Gasteiger partial charge < -0.3 is 15.3 Å². The maximum atomic E-state index is 10.3. The molecule has 0 aliphatic carbocycles. The van der Waals surface area contributed by atoms with Gasteiger partial charge in [0.2, 0.25) is 0 Å². The Balaban J connectivity index is 1.99. The predicted octanol–water partition coefficient (Wildman–Crippen LogP) is 4.45. The Labute approximate surface area is 151 Å². The van der Waals surface area contributed by atoms with Crippen LogP contribution >= 0.6 is 0 Å². The summed E-state index contributed by atoms with van der Waals surface area (Å²) in [7, 11) is 0. The Hall–Kier alpha value is -1.65. The van der Waals surface area contributed by atoms with E-state index in [0.717, 1.165) is 51.4 Å². The topological polar surface area (TPSA) is 77.8 Å². The van der Waals surface area contributed by atoms with Gasteiger partial charge in [0.05, 0.1) is 6.42 Å². The molecule has 4 heteroatoms. The van der Waals surface area contributed by atoms with E-state index >= 15 is 0 Å². The third-order valence-corrected chi connectivity index (χ3v) is 4.29. The number of aliphatic hydroxyl groups is 2. The normalized spacial score (nSPS) is 11.9. The lowest BCUT2D eigenvalue weighted by Gasteiger charge is -2.21. The number of aryl methyl sites for hydroxylation is 1. The lowest BCUT2D eigenvalue weighted by atomic mass is 9.99. The summed E-state index contributed by atoms with van der Waals surface area (Å²) in [5, 5.41) is 28.5. The Morgan fingerprint density at radius 3 is 2.20 bits per heavy atom. The van der Waals surface area contributed by atoms with Crippen molar-refractivity contribution in [2.75, 3.05) is 0 Å². The second-order valence-electron chi connectivity index (χ2n) is 6.70. The van der Waals surface area contributed by atoms with Crippen LogP contribution in [0.15, 0.2) is 42.5 Å². The highest BCUT2D eigenvalue weighted by molar-refractivity contribution is 5.68. The van der Waals surface area contributed by atoms with Gasteiger partial charge in [-0.25, -0.2) is 0 Å². The molecule has 25 heavy (non-hydrogen) atoms. The van der Waals surface area contributed by atoms with E-state index in [9.17, 15) is 15.0 Å². The molecule has 0 radical (unpaired) electrons. The van der Waals surface area contributed by atoms with E-state index in [-0.39, 0.29) is 6.42 Å². The van der Waals surface area contributed by atoms with Crippen LogP contribution in [0.1, 0.15) is 69.8 Å². The number of allylic oxidation sites excluding steroid dienone is 1. The van der Waals surface area contributed by atoms with Crippen molar-refractivity contribution in [2.45, 2.75) is 76.4 Å². The molecule has 0 saturated carbocycles. The highest BCUT2D eigenvalue weighted by atomic mass is 16.5. The Kier molecular flexibility index (Phi) is 10.8. The van der Waals surface area contributed by atoms with Gasteiger partial charge in [-0.2, -0.15) is 0 Å². The van der Waals surface area contributed by atoms with Crippen LogP contribution in [-0.2, 0) is 11.2 Å². The standard InChI is InChI=1S/C21H32O4/c22-20(23)16-9-4-2-1-3-5-11-17-21(24,25)18-12-10-15-19-13-7-6-8-14-19/h4,6-9,13-14,24-25H,1-3,5,10-12,15-18H2,(H,22,23)/b9-4+. The van der Waals surface area contributed by atoms with Gasteiger partial charge in [0.25, 0.3) is 0 Å². The Morgan fingerprint density at radius 1 is 0.880 bits per heavy atom. The lowest BCUT2D eigenvalue weighted by molar-refractivity contribution is -0.172. The van der Waals surface area contributed by atoms with Crippen LogP contribution in [-0.4, -0.2) is 27.1 Å². The van der Waals surface area contributed by atoms with Gasteiger partial charge in [-0.15, -0.1) is 0 Å². The molecule has 0 amide bonds. The summed E-state index contributed by atoms with van der Waals surface area (Å²) in [5.41, 5.74) is 1.29. The summed E-state index contributed by atoms with van der Waals surface area (Å²) in [4.78, 5) is 10.3. The highest BCUT2D eigenvalue weighted by Crippen LogP contribution is 2.20. The first kappa shape index (κ1) is 21.4. The van der Waals surface area contributed by atoms with Crippen molar-refractivity contribution in [3.8, 4) is 0 Å². The zero-order valence-electron chi connectivity index (χ0n) is 15.1. The number of unbranched alkanes of at least 4 members (excludes halogenated alkanes) is 5. The number of aliphatic carboxylic acids is 1. The molecule has 0 bridgehead atoms. The fourth-order valence-corrected chi connectivity index (χ4v) is 2.83. The summed E-state index contributed by atoms with van der Waals surface area (Å²) in [6.45, 7) is 0. The minimum Gasteiger partial charge on any atom is -0.481 e. The number of benzene rings is 1. The van der Waals surface area contributed by atoms with Gasteiger partial charge in [0, 0.05) is 12.8 Å². The smallest absolute Gasteiger partial charge is 0.307 e. The highest BCUT2D eigenvalue weighted by Gasteiger charge is 2.21. The van der Waals surface area contributed by atoms with Crippen molar-refractivity contribution >= 4 is 5.97 Å². The molecule has 1 aromatic carbocycles. The molecule has 0 fully saturated rings. The average Bonchev–Trinajstić information content (AvgIpc) is 2.58. The molecule has 1 rings (SSSR count). The first-order valence-corrected chi connectivity index (χ1v) is 9.35. The van der Waals surface area contributed by atoms with Crippen molar-refractivity contribution in [1.29, 1.82) is 0 Å². The van der Waals surface area contributed by atoms with Gasteiger partial charge >= 0.3 is 5.97 Å². The molecular weight excluding hydrogens is 316 g/mol. The van der Waals surface area contributed by atoms with Crippen molar-refractivity contribution in [3.05, 3.63) is 48.0 Å². The van der Waals surface area contributed by atoms with E-state index in [2.05, 4.69) is 12.1 Å². The first-order valence-electron chi connectivity index (χ1n) is 9.35. The van der Waals surface area contributed by atoms with Crippen LogP contribution in [0.4, 0.5) is 0 Å². The monoisotopic (exact) mass is 348 g/mol. The molecule has 0 aliphatic rings. The number of hydrogen-bond acceptors (Lipinski definition) is 3. The molecule has 4 nitrogen and oxygen atoms in total. The third kappa shape index (κ3) is 12.4. The minimum atomic E-state index is -1.54. The van der Waals surface area contributed by atoms with Crippen molar-refractivity contribution in [1.82, 2.24) is 0 Å². The Morgan fingerprint density at radius 2 is 1.52 bits per heavy atom. The predicted molar refractivity (Wildman–Crippen MR) is 100 cm³/mol. The third-order valence-electron chi connectivity index (χ3n) is 4.29. The number of carboxylic acid groups (broad SMARTS) is 1. The zero-order chi connectivity index (χ0) is 18.4. The van der Waals surface area contributed by atoms with E-state index in [1.165, 1.54) is 5.56 Å². The molecule has 0 saturated heterocycles. The van der Waals surface area contributed by atoms with Crippen LogP contribution in [0.3, 0.4) is 0 Å². The molecule has 1 aromatic rings. The molecular formula is C21H32O4. The quantitative estimate of drug-likeness (QED) is 0.264. The average molecular weight is 348 g/mol. The number of hydrogen-bond donors (Lipinski definition) is 3.